The van der Waals surface area contributed by atoms with Crippen LogP contribution in [0.3, 0.4) is 0 Å². The third-order valence-electron chi connectivity index (χ3n) is 4.81. The van der Waals surface area contributed by atoms with Crippen molar-refractivity contribution in [1.29, 1.82) is 0 Å². The number of likely N-dealkylation sites (tertiary alicyclic amines) is 1. The molecule has 1 atom stereocenters. The normalized spacial score (nSPS) is 16.5. The van der Waals surface area contributed by atoms with Gasteiger partial charge in [-0.2, -0.15) is 0 Å². The standard InChI is InChI=1S/C22H33N3O6/c1-22(2,3)31-21(28)25-11-9-16(10-12-25)19(23)24-13-15-5-7-17(8-6-15)30-14-18(26)20(27)29-4/h5-8,16,18,26H,9-14H2,1-4H3,(H2,23,24)/t18-/m1/s1. The third-order valence-corrected chi connectivity index (χ3v) is 4.81. The molecule has 3 N–H and O–H groups in total. The van der Waals surface area contributed by atoms with Crippen LogP contribution in [-0.2, 0) is 20.8 Å². The van der Waals surface area contributed by atoms with Crippen LogP contribution in [0, 0.1) is 5.92 Å². The monoisotopic (exact) mass is 435 g/mol. The Hall–Kier alpha value is -2.81. The number of carbonyl (C=O) groups is 2. The van der Waals surface area contributed by atoms with Crippen molar-refractivity contribution < 1.29 is 28.9 Å². The highest BCUT2D eigenvalue weighted by Gasteiger charge is 2.28. The van der Waals surface area contributed by atoms with Crippen molar-refractivity contribution in [2.24, 2.45) is 16.6 Å². The van der Waals surface area contributed by atoms with E-state index < -0.39 is 17.7 Å². The lowest BCUT2D eigenvalue weighted by Gasteiger charge is -2.33. The molecule has 172 valence electrons. The molecule has 1 amide bonds. The zero-order chi connectivity index (χ0) is 23.0. The van der Waals surface area contributed by atoms with Crippen LogP contribution in [0.15, 0.2) is 29.3 Å². The number of rotatable bonds is 7. The molecule has 0 saturated carbocycles. The number of benzene rings is 1. The number of nitrogens with zero attached hydrogens (tertiary/aromatic N) is 2. The summed E-state index contributed by atoms with van der Waals surface area (Å²) in [7, 11) is 1.21. The number of hydrogen-bond acceptors (Lipinski definition) is 7. The molecule has 1 aliphatic rings. The molecule has 1 aromatic carbocycles. The van der Waals surface area contributed by atoms with Gasteiger partial charge in [0.2, 0.25) is 0 Å². The summed E-state index contributed by atoms with van der Waals surface area (Å²) in [4.78, 5) is 29.5. The summed E-state index contributed by atoms with van der Waals surface area (Å²) in [5.74, 6) is 0.517. The Morgan fingerprint density at radius 1 is 1.23 bits per heavy atom. The lowest BCUT2D eigenvalue weighted by atomic mass is 9.96. The molecule has 31 heavy (non-hydrogen) atoms. The van der Waals surface area contributed by atoms with Crippen LogP contribution >= 0.6 is 0 Å². The Morgan fingerprint density at radius 2 is 1.84 bits per heavy atom. The van der Waals surface area contributed by atoms with Gasteiger partial charge < -0.3 is 30.0 Å². The molecule has 0 bridgehead atoms. The van der Waals surface area contributed by atoms with Crippen LogP contribution in [0.2, 0.25) is 0 Å². The predicted octanol–water partition coefficient (Wildman–Crippen LogP) is 2.10. The topological polar surface area (TPSA) is 124 Å². The maximum Gasteiger partial charge on any atom is 0.410 e. The highest BCUT2D eigenvalue weighted by atomic mass is 16.6. The van der Waals surface area contributed by atoms with E-state index in [-0.39, 0.29) is 18.6 Å². The fraction of sp³-hybridized carbons (Fsp3) is 0.591. The number of ether oxygens (including phenoxy) is 3. The van der Waals surface area contributed by atoms with Gasteiger partial charge in [-0.1, -0.05) is 12.1 Å². The summed E-state index contributed by atoms with van der Waals surface area (Å²) >= 11 is 0. The van der Waals surface area contributed by atoms with Gasteiger partial charge in [-0.3, -0.25) is 4.99 Å². The van der Waals surface area contributed by atoms with Crippen LogP contribution < -0.4 is 10.5 Å². The van der Waals surface area contributed by atoms with E-state index >= 15 is 0 Å². The largest absolute Gasteiger partial charge is 0.490 e. The first-order valence-electron chi connectivity index (χ1n) is 10.3. The van der Waals surface area contributed by atoms with E-state index in [1.807, 2.05) is 32.9 Å². The lowest BCUT2D eigenvalue weighted by Crippen LogP contribution is -2.44. The fourth-order valence-electron chi connectivity index (χ4n) is 3.07. The smallest absolute Gasteiger partial charge is 0.410 e. The Morgan fingerprint density at radius 3 is 2.39 bits per heavy atom. The number of carbonyl (C=O) groups excluding carboxylic acids is 2. The van der Waals surface area contributed by atoms with Crippen molar-refractivity contribution in [1.82, 2.24) is 4.90 Å². The van der Waals surface area contributed by atoms with Gasteiger partial charge in [0.1, 0.15) is 18.0 Å². The number of esters is 1. The molecule has 1 heterocycles. The van der Waals surface area contributed by atoms with Gasteiger partial charge in [0, 0.05) is 19.0 Å². The van der Waals surface area contributed by atoms with E-state index in [9.17, 15) is 14.7 Å². The van der Waals surface area contributed by atoms with Crippen LogP contribution in [-0.4, -0.2) is 66.4 Å². The van der Waals surface area contributed by atoms with Crippen molar-refractivity contribution in [3.63, 3.8) is 0 Å². The van der Waals surface area contributed by atoms with Gasteiger partial charge in [-0.25, -0.2) is 9.59 Å². The first-order chi connectivity index (χ1) is 14.6. The zero-order valence-electron chi connectivity index (χ0n) is 18.7. The average molecular weight is 436 g/mol. The van der Waals surface area contributed by atoms with Crippen LogP contribution in [0.1, 0.15) is 39.2 Å². The summed E-state index contributed by atoms with van der Waals surface area (Å²) in [5, 5.41) is 9.54. The second-order valence-corrected chi connectivity index (χ2v) is 8.48. The number of aliphatic hydroxyl groups excluding tert-OH is 1. The third kappa shape index (κ3) is 8.09. The molecular formula is C22H33N3O6. The summed E-state index contributed by atoms with van der Waals surface area (Å²) < 4.78 is 15.2. The molecule has 0 aliphatic carbocycles. The zero-order valence-corrected chi connectivity index (χ0v) is 18.7. The Labute approximate surface area is 183 Å². The molecule has 1 fully saturated rings. The van der Waals surface area contributed by atoms with E-state index in [1.165, 1.54) is 7.11 Å². The van der Waals surface area contributed by atoms with Crippen LogP contribution in [0.25, 0.3) is 0 Å². The minimum atomic E-state index is -1.32. The van der Waals surface area contributed by atoms with Crippen molar-refractivity contribution in [2.75, 3.05) is 26.8 Å². The van der Waals surface area contributed by atoms with E-state index in [2.05, 4.69) is 9.73 Å². The number of piperidine rings is 1. The summed E-state index contributed by atoms with van der Waals surface area (Å²) in [5.41, 5.74) is 6.64. The first-order valence-corrected chi connectivity index (χ1v) is 10.3. The van der Waals surface area contributed by atoms with Crippen LogP contribution in [0.5, 0.6) is 5.75 Å². The Balaban J connectivity index is 1.79. The van der Waals surface area contributed by atoms with Crippen molar-refractivity contribution in [3.8, 4) is 5.75 Å². The molecule has 9 nitrogen and oxygen atoms in total. The van der Waals surface area contributed by atoms with E-state index in [4.69, 9.17) is 15.2 Å². The maximum atomic E-state index is 12.2. The Bertz CT molecular complexity index is 764. The summed E-state index contributed by atoms with van der Waals surface area (Å²) in [6.07, 6.45) is -0.105. The minimum Gasteiger partial charge on any atom is -0.490 e. The van der Waals surface area contributed by atoms with E-state index in [0.717, 1.165) is 18.4 Å². The number of aliphatic hydroxyl groups is 1. The van der Waals surface area contributed by atoms with E-state index in [1.54, 1.807) is 17.0 Å². The van der Waals surface area contributed by atoms with Crippen molar-refractivity contribution in [3.05, 3.63) is 29.8 Å². The molecule has 1 aromatic rings. The quantitative estimate of drug-likeness (QED) is 0.382. The fourth-order valence-corrected chi connectivity index (χ4v) is 3.07. The molecule has 9 heteroatoms. The Kier molecular flexibility index (Phi) is 8.67. The molecular weight excluding hydrogens is 402 g/mol. The van der Waals surface area contributed by atoms with Gasteiger partial charge in [0.05, 0.1) is 19.5 Å². The van der Waals surface area contributed by atoms with Gasteiger partial charge >= 0.3 is 12.1 Å². The number of aliphatic imine (C=N–C) groups is 1. The molecule has 0 aromatic heterocycles. The molecule has 0 spiro atoms. The minimum absolute atomic E-state index is 0.140. The second kappa shape index (κ2) is 11.0. The SMILES string of the molecule is COC(=O)[C@H](O)COc1ccc(CN=C(N)C2CCN(C(=O)OC(C)(C)C)CC2)cc1. The molecule has 1 saturated heterocycles. The molecule has 0 unspecified atom stereocenters. The van der Waals surface area contributed by atoms with Gasteiger partial charge in [-0.05, 0) is 51.3 Å². The second-order valence-electron chi connectivity index (χ2n) is 8.48. The summed E-state index contributed by atoms with van der Waals surface area (Å²) in [6.45, 7) is 7.01. The van der Waals surface area contributed by atoms with Crippen molar-refractivity contribution in [2.45, 2.75) is 51.9 Å². The first kappa shape index (κ1) is 24.5. The van der Waals surface area contributed by atoms with Gasteiger partial charge in [0.25, 0.3) is 0 Å². The molecule has 1 aliphatic heterocycles. The number of hydrogen-bond donors (Lipinski definition) is 2. The highest BCUT2D eigenvalue weighted by Crippen LogP contribution is 2.20. The van der Waals surface area contributed by atoms with E-state index in [0.29, 0.717) is 31.2 Å². The summed E-state index contributed by atoms with van der Waals surface area (Å²) in [6, 6.07) is 7.18. The maximum absolute atomic E-state index is 12.2. The number of methoxy groups -OCH3 is 1. The highest BCUT2D eigenvalue weighted by molar-refractivity contribution is 5.83. The molecule has 0 radical (unpaired) electrons. The van der Waals surface area contributed by atoms with Gasteiger partial charge in [-0.15, -0.1) is 0 Å². The predicted molar refractivity (Wildman–Crippen MR) is 116 cm³/mol. The lowest BCUT2D eigenvalue weighted by molar-refractivity contribution is -0.151. The average Bonchev–Trinajstić information content (AvgIpc) is 2.74. The van der Waals surface area contributed by atoms with Gasteiger partial charge in [0.15, 0.2) is 6.10 Å². The van der Waals surface area contributed by atoms with Crippen LogP contribution in [0.4, 0.5) is 4.79 Å². The number of amidine groups is 1. The molecule has 2 rings (SSSR count). The number of nitrogens with two attached hydrogens (primary N) is 1. The van der Waals surface area contributed by atoms with Crippen molar-refractivity contribution >= 4 is 17.9 Å². The number of amides is 1.